The minimum atomic E-state index is -0.365. The second kappa shape index (κ2) is 4.14. The van der Waals surface area contributed by atoms with E-state index in [2.05, 4.69) is 27.7 Å². The van der Waals surface area contributed by atoms with Crippen LogP contribution in [-0.4, -0.2) is 5.11 Å². The molecule has 1 rings (SSSR count). The summed E-state index contributed by atoms with van der Waals surface area (Å²) in [5, 5.41) is 10.1. The van der Waals surface area contributed by atoms with Gasteiger partial charge in [-0.2, -0.15) is 0 Å². The Bertz CT molecular complexity index is 271. The van der Waals surface area contributed by atoms with Gasteiger partial charge in [-0.15, -0.1) is 0 Å². The first kappa shape index (κ1) is 11.3. The molecule has 78 valence electrons. The summed E-state index contributed by atoms with van der Waals surface area (Å²) in [5.74, 6) is 0.255. The van der Waals surface area contributed by atoms with E-state index in [0.29, 0.717) is 0 Å². The molecular weight excluding hydrogens is 172 g/mol. The smallest absolute Gasteiger partial charge is 0.0820 e. The van der Waals surface area contributed by atoms with Crippen molar-refractivity contribution in [1.82, 2.24) is 0 Å². The maximum absolute atomic E-state index is 10.1. The van der Waals surface area contributed by atoms with Crippen LogP contribution in [-0.2, 0) is 0 Å². The Morgan fingerprint density at radius 2 is 1.57 bits per heavy atom. The van der Waals surface area contributed by atoms with Crippen LogP contribution in [0.15, 0.2) is 30.3 Å². The predicted octanol–water partition coefficient (Wildman–Crippen LogP) is 3.40. The van der Waals surface area contributed by atoms with E-state index in [4.69, 9.17) is 0 Å². The van der Waals surface area contributed by atoms with Crippen molar-refractivity contribution in [1.29, 1.82) is 0 Å². The van der Waals surface area contributed by atoms with Gasteiger partial charge < -0.3 is 5.11 Å². The van der Waals surface area contributed by atoms with Crippen LogP contribution in [0.3, 0.4) is 0 Å². The van der Waals surface area contributed by atoms with Gasteiger partial charge >= 0.3 is 0 Å². The lowest BCUT2D eigenvalue weighted by molar-refractivity contribution is 0.0535. The molecule has 1 aromatic carbocycles. The molecule has 0 saturated carbocycles. The molecule has 0 aliphatic carbocycles. The zero-order valence-electron chi connectivity index (χ0n) is 9.49. The number of aliphatic hydroxyl groups is 1. The normalized spacial score (nSPS) is 16.4. The van der Waals surface area contributed by atoms with Crippen molar-refractivity contribution in [3.8, 4) is 0 Å². The van der Waals surface area contributed by atoms with Gasteiger partial charge in [-0.3, -0.25) is 0 Å². The molecule has 0 aliphatic heterocycles. The monoisotopic (exact) mass is 192 g/mol. The van der Waals surface area contributed by atoms with Crippen LogP contribution < -0.4 is 0 Å². The average molecular weight is 192 g/mol. The molecule has 0 fully saturated rings. The first-order valence-electron chi connectivity index (χ1n) is 5.16. The molecule has 1 heteroatoms. The molecule has 0 spiro atoms. The lowest BCUT2D eigenvalue weighted by atomic mass is 9.77. The number of hydrogen-bond acceptors (Lipinski definition) is 1. The van der Waals surface area contributed by atoms with Gasteiger partial charge in [0.1, 0.15) is 0 Å². The van der Waals surface area contributed by atoms with Crippen LogP contribution in [0.2, 0.25) is 0 Å². The van der Waals surface area contributed by atoms with Crippen molar-refractivity contribution in [3.05, 3.63) is 35.9 Å². The molecule has 0 amide bonds. The summed E-state index contributed by atoms with van der Waals surface area (Å²) in [6.45, 7) is 8.56. The van der Waals surface area contributed by atoms with E-state index in [1.165, 1.54) is 0 Å². The Morgan fingerprint density at radius 1 is 1.07 bits per heavy atom. The summed E-state index contributed by atoms with van der Waals surface area (Å²) >= 11 is 0. The van der Waals surface area contributed by atoms with E-state index in [1.54, 1.807) is 0 Å². The Kier molecular flexibility index (Phi) is 3.33. The largest absolute Gasteiger partial charge is 0.388 e. The van der Waals surface area contributed by atoms with Crippen molar-refractivity contribution >= 4 is 0 Å². The Labute approximate surface area is 86.8 Å². The average Bonchev–Trinajstić information content (AvgIpc) is 2.15. The lowest BCUT2D eigenvalue weighted by Gasteiger charge is -2.31. The number of benzene rings is 1. The van der Waals surface area contributed by atoms with Crippen molar-refractivity contribution in [2.45, 2.75) is 33.8 Å². The molecule has 1 nitrogen and oxygen atoms in total. The molecule has 0 aliphatic rings. The number of rotatable bonds is 2. The van der Waals surface area contributed by atoms with Gasteiger partial charge in [0.15, 0.2) is 0 Å². The molecule has 14 heavy (non-hydrogen) atoms. The van der Waals surface area contributed by atoms with E-state index in [0.717, 1.165) is 5.56 Å². The molecule has 1 aromatic rings. The fourth-order valence-corrected chi connectivity index (χ4v) is 1.41. The van der Waals surface area contributed by atoms with Gasteiger partial charge in [-0.05, 0) is 16.9 Å². The maximum Gasteiger partial charge on any atom is 0.0820 e. The van der Waals surface area contributed by atoms with Crippen LogP contribution in [0.1, 0.15) is 39.4 Å². The molecule has 2 atom stereocenters. The van der Waals surface area contributed by atoms with Crippen LogP contribution >= 0.6 is 0 Å². The van der Waals surface area contributed by atoms with Crippen LogP contribution in [0.4, 0.5) is 0 Å². The molecular formula is C13H20O. The zero-order valence-corrected chi connectivity index (χ0v) is 9.49. The molecule has 0 saturated heterocycles. The first-order valence-corrected chi connectivity index (χ1v) is 5.16. The van der Waals surface area contributed by atoms with Gasteiger partial charge in [0, 0.05) is 0 Å². The Balaban J connectivity index is 2.81. The van der Waals surface area contributed by atoms with Crippen molar-refractivity contribution < 1.29 is 5.11 Å². The summed E-state index contributed by atoms with van der Waals surface area (Å²) in [6.07, 6.45) is -0.365. The summed E-state index contributed by atoms with van der Waals surface area (Å²) < 4.78 is 0. The highest BCUT2D eigenvalue weighted by Gasteiger charge is 2.27. The SMILES string of the molecule is C[C@@H]([C@H](O)c1ccccc1)C(C)(C)C. The summed E-state index contributed by atoms with van der Waals surface area (Å²) in [5.41, 5.74) is 1.14. The molecule has 1 N–H and O–H groups in total. The standard InChI is InChI=1S/C13H20O/c1-10(13(2,3)4)12(14)11-8-6-5-7-9-11/h5-10,12,14H,1-4H3/t10-,12-/m0/s1. The van der Waals surface area contributed by atoms with Crippen molar-refractivity contribution in [2.24, 2.45) is 11.3 Å². The zero-order chi connectivity index (χ0) is 10.8. The topological polar surface area (TPSA) is 20.2 Å². The molecule has 0 bridgehead atoms. The summed E-state index contributed by atoms with van der Waals surface area (Å²) in [6, 6.07) is 9.86. The molecule has 0 unspecified atom stereocenters. The van der Waals surface area contributed by atoms with E-state index in [9.17, 15) is 5.11 Å². The fraction of sp³-hybridized carbons (Fsp3) is 0.538. The minimum Gasteiger partial charge on any atom is -0.388 e. The van der Waals surface area contributed by atoms with Crippen LogP contribution in [0, 0.1) is 11.3 Å². The fourth-order valence-electron chi connectivity index (χ4n) is 1.41. The van der Waals surface area contributed by atoms with Gasteiger partial charge in [-0.1, -0.05) is 58.0 Å². The highest BCUT2D eigenvalue weighted by molar-refractivity contribution is 5.18. The minimum absolute atomic E-state index is 0.134. The van der Waals surface area contributed by atoms with Gasteiger partial charge in [0.2, 0.25) is 0 Å². The van der Waals surface area contributed by atoms with Crippen LogP contribution in [0.25, 0.3) is 0 Å². The lowest BCUT2D eigenvalue weighted by Crippen LogP contribution is -2.24. The molecule has 0 radical (unpaired) electrons. The van der Waals surface area contributed by atoms with Gasteiger partial charge in [0.25, 0.3) is 0 Å². The van der Waals surface area contributed by atoms with E-state index < -0.39 is 0 Å². The molecule has 0 heterocycles. The third kappa shape index (κ3) is 2.58. The number of aliphatic hydroxyl groups excluding tert-OH is 1. The quantitative estimate of drug-likeness (QED) is 0.761. The second-order valence-electron chi connectivity index (χ2n) is 5.01. The van der Waals surface area contributed by atoms with Gasteiger partial charge in [-0.25, -0.2) is 0 Å². The second-order valence-corrected chi connectivity index (χ2v) is 5.01. The van der Waals surface area contributed by atoms with Crippen molar-refractivity contribution in [2.75, 3.05) is 0 Å². The van der Waals surface area contributed by atoms with Crippen LogP contribution in [0.5, 0.6) is 0 Å². The predicted molar refractivity (Wildman–Crippen MR) is 60.0 cm³/mol. The first-order chi connectivity index (χ1) is 6.43. The Morgan fingerprint density at radius 3 is 2.00 bits per heavy atom. The highest BCUT2D eigenvalue weighted by Crippen LogP contribution is 2.35. The van der Waals surface area contributed by atoms with Gasteiger partial charge in [0.05, 0.1) is 6.10 Å². The third-order valence-corrected chi connectivity index (χ3v) is 2.98. The maximum atomic E-state index is 10.1. The molecule has 0 aromatic heterocycles. The highest BCUT2D eigenvalue weighted by atomic mass is 16.3. The van der Waals surface area contributed by atoms with E-state index >= 15 is 0 Å². The Hall–Kier alpha value is -0.820. The van der Waals surface area contributed by atoms with Crippen molar-refractivity contribution in [3.63, 3.8) is 0 Å². The van der Waals surface area contributed by atoms with E-state index in [-0.39, 0.29) is 17.4 Å². The number of hydrogen-bond donors (Lipinski definition) is 1. The third-order valence-electron chi connectivity index (χ3n) is 2.98. The summed E-state index contributed by atoms with van der Waals surface area (Å²) in [7, 11) is 0. The van der Waals surface area contributed by atoms with E-state index in [1.807, 2.05) is 30.3 Å². The summed E-state index contributed by atoms with van der Waals surface area (Å²) in [4.78, 5) is 0.